The second kappa shape index (κ2) is 8.38. The van der Waals surface area contributed by atoms with Crippen LogP contribution in [0.1, 0.15) is 66.0 Å². The molecule has 1 atom stereocenters. The number of aromatic nitrogens is 1. The van der Waals surface area contributed by atoms with Crippen molar-refractivity contribution in [2.45, 2.75) is 65.8 Å². The Morgan fingerprint density at radius 3 is 2.38 bits per heavy atom. The third-order valence-corrected chi connectivity index (χ3v) is 3.72. The molecule has 0 amide bonds. The Balaban J connectivity index is 2.24. The number of nitrogens with zero attached hydrogens (tertiary/aromatic N) is 1. The van der Waals surface area contributed by atoms with Crippen LogP contribution in [-0.2, 0) is 0 Å². The number of nitrogens with one attached hydrogen (secondary N) is 1. The number of pyridine rings is 1. The predicted octanol–water partition coefficient (Wildman–Crippen LogP) is 4.39. The average molecular weight is 292 g/mol. The monoisotopic (exact) mass is 292 g/mol. The molecule has 1 aromatic rings. The van der Waals surface area contributed by atoms with Gasteiger partial charge in [-0.05, 0) is 58.2 Å². The second-order valence-electron chi connectivity index (χ2n) is 7.18. The van der Waals surface area contributed by atoms with Gasteiger partial charge in [0.05, 0.1) is 12.8 Å². The molecule has 1 aromatic heterocycles. The molecule has 0 saturated carbocycles. The van der Waals surface area contributed by atoms with Crippen LogP contribution in [0, 0.1) is 5.92 Å². The molecular weight excluding hydrogens is 260 g/mol. The van der Waals surface area contributed by atoms with E-state index in [1.807, 2.05) is 12.3 Å². The minimum atomic E-state index is 0.202. The van der Waals surface area contributed by atoms with E-state index in [0.29, 0.717) is 11.8 Å². The van der Waals surface area contributed by atoms with Crippen LogP contribution in [0.3, 0.4) is 0 Å². The van der Waals surface area contributed by atoms with Crippen LogP contribution < -0.4 is 10.1 Å². The van der Waals surface area contributed by atoms with Crippen LogP contribution in [-0.4, -0.2) is 23.7 Å². The Morgan fingerprint density at radius 2 is 1.86 bits per heavy atom. The van der Waals surface area contributed by atoms with Crippen molar-refractivity contribution in [3.05, 3.63) is 24.0 Å². The van der Waals surface area contributed by atoms with Crippen LogP contribution in [0.2, 0.25) is 0 Å². The van der Waals surface area contributed by atoms with Gasteiger partial charge in [-0.25, -0.2) is 0 Å². The van der Waals surface area contributed by atoms with Gasteiger partial charge in [0, 0.05) is 17.2 Å². The summed E-state index contributed by atoms with van der Waals surface area (Å²) < 4.78 is 5.74. The van der Waals surface area contributed by atoms with E-state index in [4.69, 9.17) is 4.74 Å². The van der Waals surface area contributed by atoms with Gasteiger partial charge in [-0.15, -0.1) is 0 Å². The lowest BCUT2D eigenvalue weighted by Gasteiger charge is -2.20. The lowest BCUT2D eigenvalue weighted by Crippen LogP contribution is -2.36. The first-order chi connectivity index (χ1) is 9.79. The normalized spacial score (nSPS) is 13.5. The Kier molecular flexibility index (Phi) is 7.16. The summed E-state index contributed by atoms with van der Waals surface area (Å²) in [7, 11) is 0. The fourth-order valence-corrected chi connectivity index (χ4v) is 1.97. The van der Waals surface area contributed by atoms with Crippen LogP contribution in [0.15, 0.2) is 18.3 Å². The molecule has 3 nitrogen and oxygen atoms in total. The van der Waals surface area contributed by atoms with E-state index < -0.39 is 0 Å². The summed E-state index contributed by atoms with van der Waals surface area (Å²) in [5.41, 5.74) is 1.35. The van der Waals surface area contributed by atoms with Crippen LogP contribution in [0.25, 0.3) is 0 Å². The first-order valence-corrected chi connectivity index (χ1v) is 8.13. The molecule has 0 spiro atoms. The zero-order valence-corrected chi connectivity index (χ0v) is 14.6. The molecule has 0 aliphatic carbocycles. The van der Waals surface area contributed by atoms with Crippen LogP contribution >= 0.6 is 0 Å². The molecule has 3 heteroatoms. The van der Waals surface area contributed by atoms with Crippen LogP contribution in [0.4, 0.5) is 0 Å². The second-order valence-corrected chi connectivity index (χ2v) is 7.18. The molecule has 1 heterocycles. The van der Waals surface area contributed by atoms with Crippen molar-refractivity contribution in [3.63, 3.8) is 0 Å². The highest BCUT2D eigenvalue weighted by atomic mass is 16.5. The van der Waals surface area contributed by atoms with Gasteiger partial charge in [0.1, 0.15) is 5.75 Å². The number of hydrogen-bond acceptors (Lipinski definition) is 3. The number of rotatable bonds is 8. The van der Waals surface area contributed by atoms with Gasteiger partial charge >= 0.3 is 0 Å². The zero-order valence-electron chi connectivity index (χ0n) is 14.6. The fraction of sp³-hybridized carbons (Fsp3) is 0.722. The van der Waals surface area contributed by atoms with Gasteiger partial charge in [-0.3, -0.25) is 4.98 Å². The fourth-order valence-electron chi connectivity index (χ4n) is 1.97. The molecule has 0 fully saturated rings. The summed E-state index contributed by atoms with van der Waals surface area (Å²) in [5.74, 6) is 1.97. The van der Waals surface area contributed by atoms with Gasteiger partial charge in [0.25, 0.3) is 0 Å². The molecule has 21 heavy (non-hydrogen) atoms. The maximum atomic E-state index is 5.74. The van der Waals surface area contributed by atoms with E-state index in [1.165, 1.54) is 0 Å². The molecule has 1 rings (SSSR count). The quantitative estimate of drug-likeness (QED) is 0.722. The summed E-state index contributed by atoms with van der Waals surface area (Å²) in [6.45, 7) is 15.0. The van der Waals surface area contributed by atoms with Gasteiger partial charge in [0.2, 0.25) is 0 Å². The molecule has 0 aliphatic rings. The van der Waals surface area contributed by atoms with Crippen molar-refractivity contribution in [2.75, 3.05) is 13.2 Å². The minimum absolute atomic E-state index is 0.202. The highest BCUT2D eigenvalue weighted by molar-refractivity contribution is 5.21. The first kappa shape index (κ1) is 18.0. The van der Waals surface area contributed by atoms with Crippen molar-refractivity contribution in [3.8, 4) is 5.75 Å². The molecule has 0 unspecified atom stereocenters. The largest absolute Gasteiger partial charge is 0.492 e. The van der Waals surface area contributed by atoms with Gasteiger partial charge in [-0.2, -0.15) is 0 Å². The molecule has 120 valence electrons. The van der Waals surface area contributed by atoms with E-state index in [2.05, 4.69) is 57.9 Å². The zero-order chi connectivity index (χ0) is 15.9. The molecular formula is C18H32N2O. The predicted molar refractivity (Wildman–Crippen MR) is 90.0 cm³/mol. The van der Waals surface area contributed by atoms with Gasteiger partial charge < -0.3 is 10.1 Å². The van der Waals surface area contributed by atoms with Crippen LogP contribution in [0.5, 0.6) is 5.75 Å². The molecule has 0 radical (unpaired) electrons. The average Bonchev–Trinajstić information content (AvgIpc) is 2.41. The topological polar surface area (TPSA) is 34.1 Å². The van der Waals surface area contributed by atoms with Gasteiger partial charge in [-0.1, -0.05) is 20.8 Å². The summed E-state index contributed by atoms with van der Waals surface area (Å²) in [6.07, 6.45) is 4.04. The lowest BCUT2D eigenvalue weighted by molar-refractivity contribution is 0.300. The lowest BCUT2D eigenvalue weighted by atomic mass is 9.94. The third-order valence-electron chi connectivity index (χ3n) is 3.72. The Morgan fingerprint density at radius 1 is 1.14 bits per heavy atom. The van der Waals surface area contributed by atoms with E-state index in [-0.39, 0.29) is 5.54 Å². The van der Waals surface area contributed by atoms with Crippen molar-refractivity contribution >= 4 is 0 Å². The Hall–Kier alpha value is -1.09. The third kappa shape index (κ3) is 7.47. The Labute approximate surface area is 130 Å². The summed E-state index contributed by atoms with van der Waals surface area (Å²) in [6, 6.07) is 4.12. The van der Waals surface area contributed by atoms with Crippen molar-refractivity contribution in [1.82, 2.24) is 10.3 Å². The van der Waals surface area contributed by atoms with E-state index in [9.17, 15) is 0 Å². The highest BCUT2D eigenvalue weighted by Crippen LogP contribution is 2.23. The SMILES string of the molecule is CC(C)[C@H](C)c1ccc(OCCCCNC(C)(C)C)cn1. The highest BCUT2D eigenvalue weighted by Gasteiger charge is 2.11. The standard InChI is InChI=1S/C18H32N2O/c1-14(2)15(3)17-10-9-16(13-19-17)21-12-8-7-11-20-18(4,5)6/h9-10,13-15,20H,7-8,11-12H2,1-6H3/t15-/m0/s1. The van der Waals surface area contributed by atoms with E-state index in [0.717, 1.165) is 37.4 Å². The molecule has 1 N–H and O–H groups in total. The smallest absolute Gasteiger partial charge is 0.137 e. The van der Waals surface area contributed by atoms with Crippen molar-refractivity contribution in [1.29, 1.82) is 0 Å². The molecule has 0 saturated heterocycles. The number of unbranched alkanes of at least 4 members (excludes halogenated alkanes) is 1. The summed E-state index contributed by atoms with van der Waals surface area (Å²) >= 11 is 0. The number of ether oxygens (including phenoxy) is 1. The van der Waals surface area contributed by atoms with Crippen molar-refractivity contribution < 1.29 is 4.74 Å². The van der Waals surface area contributed by atoms with E-state index >= 15 is 0 Å². The first-order valence-electron chi connectivity index (χ1n) is 8.13. The summed E-state index contributed by atoms with van der Waals surface area (Å²) in [4.78, 5) is 4.51. The Bertz CT molecular complexity index is 393. The maximum Gasteiger partial charge on any atom is 0.137 e. The van der Waals surface area contributed by atoms with Gasteiger partial charge in [0.15, 0.2) is 0 Å². The molecule has 0 bridgehead atoms. The van der Waals surface area contributed by atoms with Crippen molar-refractivity contribution in [2.24, 2.45) is 5.92 Å². The maximum absolute atomic E-state index is 5.74. The molecule has 0 aromatic carbocycles. The minimum Gasteiger partial charge on any atom is -0.492 e. The summed E-state index contributed by atoms with van der Waals surface area (Å²) in [5, 5.41) is 3.48. The number of hydrogen-bond donors (Lipinski definition) is 1. The van der Waals surface area contributed by atoms with E-state index in [1.54, 1.807) is 0 Å². The molecule has 0 aliphatic heterocycles.